The Kier molecular flexibility index (Phi) is 4.48. The van der Waals surface area contributed by atoms with E-state index in [9.17, 15) is 0 Å². The molecular formula is C19H27N3OS. The molecule has 4 rings (SSSR count). The fourth-order valence-corrected chi connectivity index (χ4v) is 5.61. The summed E-state index contributed by atoms with van der Waals surface area (Å²) >= 11 is 1.85. The van der Waals surface area contributed by atoms with Crippen molar-refractivity contribution >= 4 is 21.6 Å². The number of hydrogen-bond acceptors (Lipinski definition) is 5. The lowest BCUT2D eigenvalue weighted by Gasteiger charge is -2.32. The Morgan fingerprint density at radius 2 is 1.96 bits per heavy atom. The van der Waals surface area contributed by atoms with Crippen LogP contribution >= 0.6 is 11.3 Å². The molecule has 0 saturated heterocycles. The van der Waals surface area contributed by atoms with Crippen LogP contribution in [0.25, 0.3) is 10.2 Å². The van der Waals surface area contributed by atoms with Crippen molar-refractivity contribution in [2.75, 3.05) is 14.1 Å². The maximum atomic E-state index is 6.41. The van der Waals surface area contributed by atoms with Crippen molar-refractivity contribution in [2.24, 2.45) is 0 Å². The lowest BCUT2D eigenvalue weighted by Crippen LogP contribution is -2.35. The fraction of sp³-hybridized carbons (Fsp3) is 0.684. The van der Waals surface area contributed by atoms with E-state index >= 15 is 0 Å². The monoisotopic (exact) mass is 345 g/mol. The molecule has 1 atom stereocenters. The maximum Gasteiger partial charge on any atom is 0.225 e. The van der Waals surface area contributed by atoms with Crippen LogP contribution in [0.1, 0.15) is 61.8 Å². The Bertz CT molecular complexity index is 719. The van der Waals surface area contributed by atoms with Crippen molar-refractivity contribution in [2.45, 2.75) is 69.9 Å². The molecule has 0 N–H and O–H groups in total. The van der Waals surface area contributed by atoms with Gasteiger partial charge in [-0.1, -0.05) is 6.92 Å². The van der Waals surface area contributed by atoms with Gasteiger partial charge in [0.2, 0.25) is 5.88 Å². The topological polar surface area (TPSA) is 38.3 Å². The molecule has 2 aromatic heterocycles. The highest BCUT2D eigenvalue weighted by Crippen LogP contribution is 2.47. The highest BCUT2D eigenvalue weighted by Gasteiger charge is 2.30. The molecule has 0 aliphatic heterocycles. The largest absolute Gasteiger partial charge is 0.474 e. The third-order valence-corrected chi connectivity index (χ3v) is 7.01. The predicted molar refractivity (Wildman–Crippen MR) is 99.1 cm³/mol. The lowest BCUT2D eigenvalue weighted by atomic mass is 9.92. The van der Waals surface area contributed by atoms with Crippen LogP contribution in [0.3, 0.4) is 0 Å². The first-order chi connectivity index (χ1) is 11.7. The fourth-order valence-electron chi connectivity index (χ4n) is 4.38. The Balaban J connectivity index is 1.59. The van der Waals surface area contributed by atoms with Crippen molar-refractivity contribution in [1.29, 1.82) is 0 Å². The molecule has 2 heterocycles. The van der Waals surface area contributed by atoms with Gasteiger partial charge in [-0.2, -0.15) is 0 Å². The van der Waals surface area contributed by atoms with Crippen LogP contribution in [0, 0.1) is 0 Å². The Labute approximate surface area is 148 Å². The van der Waals surface area contributed by atoms with Gasteiger partial charge in [0.25, 0.3) is 0 Å². The van der Waals surface area contributed by atoms with E-state index in [1.807, 2.05) is 11.3 Å². The predicted octanol–water partition coefficient (Wildman–Crippen LogP) is 4.38. The lowest BCUT2D eigenvalue weighted by molar-refractivity contribution is 0.108. The van der Waals surface area contributed by atoms with Crippen LogP contribution in [0.15, 0.2) is 6.33 Å². The molecule has 0 bridgehead atoms. The van der Waals surface area contributed by atoms with Crippen molar-refractivity contribution < 1.29 is 4.74 Å². The summed E-state index contributed by atoms with van der Waals surface area (Å²) < 4.78 is 6.41. The molecular weight excluding hydrogens is 318 g/mol. The number of aromatic nitrogens is 2. The van der Waals surface area contributed by atoms with Crippen molar-refractivity contribution in [3.8, 4) is 5.88 Å². The maximum absolute atomic E-state index is 6.41. The molecule has 1 unspecified atom stereocenters. The Morgan fingerprint density at radius 1 is 1.17 bits per heavy atom. The number of thiophene rings is 1. The van der Waals surface area contributed by atoms with Gasteiger partial charge in [0.05, 0.1) is 5.39 Å². The van der Waals surface area contributed by atoms with E-state index in [4.69, 9.17) is 4.74 Å². The zero-order valence-electron chi connectivity index (χ0n) is 14.9. The summed E-state index contributed by atoms with van der Waals surface area (Å²) in [6.45, 7) is 2.29. The van der Waals surface area contributed by atoms with Crippen molar-refractivity contribution in [3.63, 3.8) is 0 Å². The standard InChI is InChI=1S/C19H27N3OS/c1-4-12-5-10-15-16(12)17-18(20-11-21-19(17)24-15)23-14-8-6-13(7-9-14)22(2)3/h11-14H,4-10H2,1-3H3. The average molecular weight is 346 g/mol. The Hall–Kier alpha value is -1.20. The van der Waals surface area contributed by atoms with E-state index in [2.05, 4.69) is 35.9 Å². The van der Waals surface area contributed by atoms with Crippen molar-refractivity contribution in [3.05, 3.63) is 16.8 Å². The highest BCUT2D eigenvalue weighted by molar-refractivity contribution is 7.19. The van der Waals surface area contributed by atoms with Gasteiger partial charge >= 0.3 is 0 Å². The molecule has 130 valence electrons. The van der Waals surface area contributed by atoms with Crippen LogP contribution in [-0.2, 0) is 6.42 Å². The number of rotatable bonds is 4. The van der Waals surface area contributed by atoms with Crippen LogP contribution in [-0.4, -0.2) is 41.1 Å². The molecule has 0 aromatic carbocycles. The van der Waals surface area contributed by atoms with Gasteiger partial charge in [-0.05, 0) is 70.5 Å². The second-order valence-electron chi connectivity index (χ2n) is 7.45. The number of aryl methyl sites for hydroxylation is 1. The summed E-state index contributed by atoms with van der Waals surface area (Å²) in [7, 11) is 4.36. The first-order valence-corrected chi connectivity index (χ1v) is 10.1. The van der Waals surface area contributed by atoms with Crippen LogP contribution < -0.4 is 4.74 Å². The summed E-state index contributed by atoms with van der Waals surface area (Å²) in [5.74, 6) is 1.50. The molecule has 0 amide bonds. The van der Waals surface area contributed by atoms with E-state index < -0.39 is 0 Å². The molecule has 1 fully saturated rings. The minimum Gasteiger partial charge on any atom is -0.474 e. The summed E-state index contributed by atoms with van der Waals surface area (Å²) in [5, 5.41) is 1.22. The van der Waals surface area contributed by atoms with Crippen LogP contribution in [0.4, 0.5) is 0 Å². The summed E-state index contributed by atoms with van der Waals surface area (Å²) in [5.41, 5.74) is 1.50. The van der Waals surface area contributed by atoms with E-state index in [1.54, 1.807) is 6.33 Å². The number of nitrogens with zero attached hydrogens (tertiary/aromatic N) is 3. The molecule has 2 aliphatic rings. The summed E-state index contributed by atoms with van der Waals surface area (Å²) in [6, 6.07) is 0.699. The number of fused-ring (bicyclic) bond motifs is 3. The van der Waals surface area contributed by atoms with E-state index in [0.717, 1.165) is 23.6 Å². The normalized spacial score (nSPS) is 26.9. The first kappa shape index (κ1) is 16.3. The van der Waals surface area contributed by atoms with Gasteiger partial charge in [-0.3, -0.25) is 0 Å². The quantitative estimate of drug-likeness (QED) is 0.824. The Morgan fingerprint density at radius 3 is 2.67 bits per heavy atom. The third-order valence-electron chi connectivity index (χ3n) is 5.84. The van der Waals surface area contributed by atoms with E-state index in [-0.39, 0.29) is 0 Å². The SMILES string of the molecule is CCC1CCc2sc3ncnc(OC4CCC(N(C)C)CC4)c3c21. The van der Waals surface area contributed by atoms with Crippen molar-refractivity contribution in [1.82, 2.24) is 14.9 Å². The van der Waals surface area contributed by atoms with E-state index in [0.29, 0.717) is 18.1 Å². The minimum absolute atomic E-state index is 0.302. The molecule has 0 spiro atoms. The van der Waals surface area contributed by atoms with Gasteiger partial charge in [0.15, 0.2) is 0 Å². The molecule has 5 heteroatoms. The minimum atomic E-state index is 0.302. The average Bonchev–Trinajstić information content (AvgIpc) is 3.14. The second-order valence-corrected chi connectivity index (χ2v) is 8.54. The van der Waals surface area contributed by atoms with Crippen LogP contribution in [0.2, 0.25) is 0 Å². The number of hydrogen-bond donors (Lipinski definition) is 0. The van der Waals surface area contributed by atoms with Gasteiger partial charge in [0.1, 0.15) is 17.3 Å². The van der Waals surface area contributed by atoms with Gasteiger partial charge in [-0.15, -0.1) is 11.3 Å². The smallest absolute Gasteiger partial charge is 0.225 e. The second kappa shape index (κ2) is 6.60. The van der Waals surface area contributed by atoms with Gasteiger partial charge in [0, 0.05) is 10.9 Å². The first-order valence-electron chi connectivity index (χ1n) is 9.26. The molecule has 24 heavy (non-hydrogen) atoms. The molecule has 2 aliphatic carbocycles. The molecule has 1 saturated carbocycles. The van der Waals surface area contributed by atoms with E-state index in [1.165, 1.54) is 47.9 Å². The summed E-state index contributed by atoms with van der Waals surface area (Å²) in [4.78, 5) is 14.0. The van der Waals surface area contributed by atoms with Gasteiger partial charge < -0.3 is 9.64 Å². The molecule has 4 nitrogen and oxygen atoms in total. The van der Waals surface area contributed by atoms with Crippen LogP contribution in [0.5, 0.6) is 5.88 Å². The molecule has 0 radical (unpaired) electrons. The zero-order valence-corrected chi connectivity index (χ0v) is 15.7. The third kappa shape index (κ3) is 2.82. The number of ether oxygens (including phenoxy) is 1. The zero-order chi connectivity index (χ0) is 16.7. The summed E-state index contributed by atoms with van der Waals surface area (Å²) in [6.07, 6.45) is 10.3. The van der Waals surface area contributed by atoms with Gasteiger partial charge in [-0.25, -0.2) is 9.97 Å². The highest BCUT2D eigenvalue weighted by atomic mass is 32.1. The molecule has 2 aromatic rings.